The largest absolute Gasteiger partial charge is 0.435 e. The fourth-order valence-corrected chi connectivity index (χ4v) is 2.67. The van der Waals surface area contributed by atoms with Gasteiger partial charge in [-0.1, -0.05) is 42.5 Å². The van der Waals surface area contributed by atoms with Crippen molar-refractivity contribution in [1.29, 1.82) is 0 Å². The fourth-order valence-electron chi connectivity index (χ4n) is 2.67. The molecule has 0 aliphatic carbocycles. The van der Waals surface area contributed by atoms with E-state index < -0.39 is 6.61 Å². The Labute approximate surface area is 138 Å². The summed E-state index contributed by atoms with van der Waals surface area (Å²) < 4.78 is 34.7. The van der Waals surface area contributed by atoms with E-state index in [0.717, 1.165) is 5.56 Å². The Balaban J connectivity index is 1.72. The van der Waals surface area contributed by atoms with E-state index in [1.807, 2.05) is 30.3 Å². The van der Waals surface area contributed by atoms with Crippen molar-refractivity contribution in [3.63, 3.8) is 0 Å². The van der Waals surface area contributed by atoms with E-state index in [1.54, 1.807) is 17.0 Å². The minimum atomic E-state index is -2.87. The van der Waals surface area contributed by atoms with Gasteiger partial charge in [-0.2, -0.15) is 8.78 Å². The van der Waals surface area contributed by atoms with Crippen molar-refractivity contribution < 1.29 is 23.0 Å². The zero-order chi connectivity index (χ0) is 16.9. The van der Waals surface area contributed by atoms with Crippen LogP contribution in [0.5, 0.6) is 5.75 Å². The molecule has 1 unspecified atom stereocenters. The number of amides is 1. The summed E-state index contributed by atoms with van der Waals surface area (Å²) in [6.45, 7) is -2.04. The first-order valence-electron chi connectivity index (χ1n) is 7.60. The third kappa shape index (κ3) is 4.08. The highest BCUT2D eigenvalue weighted by molar-refractivity contribution is 5.78. The third-order valence-electron chi connectivity index (χ3n) is 3.82. The third-order valence-corrected chi connectivity index (χ3v) is 3.82. The zero-order valence-corrected chi connectivity index (χ0v) is 12.9. The minimum Gasteiger partial charge on any atom is -0.435 e. The first kappa shape index (κ1) is 16.4. The Morgan fingerprint density at radius 2 is 1.96 bits per heavy atom. The number of benzene rings is 2. The quantitative estimate of drug-likeness (QED) is 0.842. The number of ether oxygens (including phenoxy) is 2. The lowest BCUT2D eigenvalue weighted by Crippen LogP contribution is -2.42. The topological polar surface area (TPSA) is 38.8 Å². The molecule has 0 spiro atoms. The van der Waals surface area contributed by atoms with Crippen LogP contribution in [0.15, 0.2) is 54.6 Å². The van der Waals surface area contributed by atoms with Crippen molar-refractivity contribution in [2.45, 2.75) is 19.3 Å². The first-order valence-corrected chi connectivity index (χ1v) is 7.60. The van der Waals surface area contributed by atoms with Crippen LogP contribution < -0.4 is 4.74 Å². The molecule has 0 saturated carbocycles. The molecule has 1 amide bonds. The summed E-state index contributed by atoms with van der Waals surface area (Å²) in [5, 5.41) is 0. The SMILES string of the molecule is O=C1COC(c2cccc(OC(F)F)c2)CN1Cc1ccccc1. The number of hydrogen-bond acceptors (Lipinski definition) is 3. The van der Waals surface area contributed by atoms with Crippen LogP contribution in [0.4, 0.5) is 8.78 Å². The van der Waals surface area contributed by atoms with Gasteiger partial charge in [0, 0.05) is 6.54 Å². The summed E-state index contributed by atoms with van der Waals surface area (Å²) >= 11 is 0. The Morgan fingerprint density at radius 3 is 2.71 bits per heavy atom. The molecule has 2 aromatic carbocycles. The monoisotopic (exact) mass is 333 g/mol. The second-order valence-electron chi connectivity index (χ2n) is 5.51. The Hall–Kier alpha value is -2.47. The number of halogens is 2. The number of hydrogen-bond donors (Lipinski definition) is 0. The first-order chi connectivity index (χ1) is 11.6. The van der Waals surface area contributed by atoms with Crippen molar-refractivity contribution in [1.82, 2.24) is 4.90 Å². The Bertz CT molecular complexity index is 694. The molecule has 1 saturated heterocycles. The van der Waals surface area contributed by atoms with Gasteiger partial charge in [-0.15, -0.1) is 0 Å². The van der Waals surface area contributed by atoms with Gasteiger partial charge in [0.2, 0.25) is 5.91 Å². The molecule has 126 valence electrons. The number of carbonyl (C=O) groups is 1. The lowest BCUT2D eigenvalue weighted by atomic mass is 10.1. The summed E-state index contributed by atoms with van der Waals surface area (Å²) in [4.78, 5) is 13.8. The second-order valence-corrected chi connectivity index (χ2v) is 5.51. The highest BCUT2D eigenvalue weighted by Gasteiger charge is 2.27. The van der Waals surface area contributed by atoms with E-state index in [1.165, 1.54) is 12.1 Å². The summed E-state index contributed by atoms with van der Waals surface area (Å²) in [6, 6.07) is 16.1. The second kappa shape index (κ2) is 7.40. The van der Waals surface area contributed by atoms with Crippen LogP contribution in [0.25, 0.3) is 0 Å². The number of nitrogens with zero attached hydrogens (tertiary/aromatic N) is 1. The molecule has 6 heteroatoms. The normalized spacial score (nSPS) is 18.0. The lowest BCUT2D eigenvalue weighted by molar-refractivity contribution is -0.150. The molecule has 2 aromatic rings. The van der Waals surface area contributed by atoms with Crippen LogP contribution >= 0.6 is 0 Å². The molecule has 1 fully saturated rings. The van der Waals surface area contributed by atoms with Gasteiger partial charge in [0.1, 0.15) is 18.5 Å². The number of morpholine rings is 1. The predicted molar refractivity (Wildman–Crippen MR) is 83.6 cm³/mol. The Morgan fingerprint density at radius 1 is 1.17 bits per heavy atom. The molecular formula is C18H17F2NO3. The van der Waals surface area contributed by atoms with Gasteiger partial charge in [0.05, 0.1) is 6.54 Å². The van der Waals surface area contributed by atoms with Crippen LogP contribution in [0, 0.1) is 0 Å². The van der Waals surface area contributed by atoms with Crippen LogP contribution in [-0.2, 0) is 16.1 Å². The maximum Gasteiger partial charge on any atom is 0.387 e. The van der Waals surface area contributed by atoms with Gasteiger partial charge in [0.15, 0.2) is 0 Å². The molecule has 1 aliphatic heterocycles. The molecule has 0 bridgehead atoms. The fraction of sp³-hybridized carbons (Fsp3) is 0.278. The van der Waals surface area contributed by atoms with E-state index in [2.05, 4.69) is 4.74 Å². The average molecular weight is 333 g/mol. The number of rotatable bonds is 5. The number of alkyl halides is 2. The van der Waals surface area contributed by atoms with Gasteiger partial charge in [-0.05, 0) is 23.3 Å². The van der Waals surface area contributed by atoms with Crippen molar-refractivity contribution >= 4 is 5.91 Å². The molecule has 1 heterocycles. The molecule has 3 rings (SSSR count). The molecule has 24 heavy (non-hydrogen) atoms. The van der Waals surface area contributed by atoms with Crippen molar-refractivity contribution in [3.05, 3.63) is 65.7 Å². The van der Waals surface area contributed by atoms with E-state index in [9.17, 15) is 13.6 Å². The zero-order valence-electron chi connectivity index (χ0n) is 12.9. The van der Waals surface area contributed by atoms with Crippen LogP contribution in [0.3, 0.4) is 0 Å². The summed E-state index contributed by atoms with van der Waals surface area (Å²) in [5.74, 6) is -0.00676. The van der Waals surface area contributed by atoms with E-state index in [-0.39, 0.29) is 24.4 Å². The molecule has 0 aromatic heterocycles. The predicted octanol–water partition coefficient (Wildman–Crippen LogP) is 3.39. The van der Waals surface area contributed by atoms with Crippen molar-refractivity contribution in [2.24, 2.45) is 0 Å². The minimum absolute atomic E-state index is 0.0303. The van der Waals surface area contributed by atoms with Crippen molar-refractivity contribution in [2.75, 3.05) is 13.2 Å². The van der Waals surface area contributed by atoms with Gasteiger partial charge in [-0.3, -0.25) is 4.79 Å². The molecule has 0 N–H and O–H groups in total. The van der Waals surface area contributed by atoms with E-state index >= 15 is 0 Å². The van der Waals surface area contributed by atoms with Gasteiger partial charge in [-0.25, -0.2) is 0 Å². The molecule has 1 aliphatic rings. The summed E-state index contributed by atoms with van der Waals surface area (Å²) in [6.07, 6.45) is -0.368. The van der Waals surface area contributed by atoms with Gasteiger partial charge >= 0.3 is 6.61 Å². The standard InChI is InChI=1S/C18H17F2NO3/c19-18(20)24-15-8-4-7-14(9-15)16-11-21(17(22)12-23-16)10-13-5-2-1-3-6-13/h1-9,16,18H,10-12H2. The summed E-state index contributed by atoms with van der Waals surface area (Å²) in [7, 11) is 0. The maximum absolute atomic E-state index is 12.3. The highest BCUT2D eigenvalue weighted by Crippen LogP contribution is 2.27. The van der Waals surface area contributed by atoms with Crippen LogP contribution in [-0.4, -0.2) is 30.6 Å². The van der Waals surface area contributed by atoms with Gasteiger partial charge in [0.25, 0.3) is 0 Å². The van der Waals surface area contributed by atoms with E-state index in [0.29, 0.717) is 18.7 Å². The highest BCUT2D eigenvalue weighted by atomic mass is 19.3. The lowest BCUT2D eigenvalue weighted by Gasteiger charge is -2.33. The Kier molecular flexibility index (Phi) is 5.05. The molecule has 0 radical (unpaired) electrons. The molecular weight excluding hydrogens is 316 g/mol. The molecule has 1 atom stereocenters. The van der Waals surface area contributed by atoms with Gasteiger partial charge < -0.3 is 14.4 Å². The van der Waals surface area contributed by atoms with Crippen LogP contribution in [0.2, 0.25) is 0 Å². The number of carbonyl (C=O) groups excluding carboxylic acids is 1. The molecule has 4 nitrogen and oxygen atoms in total. The van der Waals surface area contributed by atoms with E-state index in [4.69, 9.17) is 4.74 Å². The maximum atomic E-state index is 12.3. The summed E-state index contributed by atoms with van der Waals surface area (Å²) in [5.41, 5.74) is 1.74. The van der Waals surface area contributed by atoms with Crippen molar-refractivity contribution in [3.8, 4) is 5.75 Å². The van der Waals surface area contributed by atoms with Crippen LogP contribution in [0.1, 0.15) is 17.2 Å². The average Bonchev–Trinajstić information content (AvgIpc) is 2.57. The smallest absolute Gasteiger partial charge is 0.387 e.